The molecule has 4 heteroatoms. The van der Waals surface area contributed by atoms with Crippen LogP contribution in [0.15, 0.2) is 65.6 Å². The first-order valence-corrected chi connectivity index (χ1v) is 8.99. The molecule has 0 aliphatic heterocycles. The summed E-state index contributed by atoms with van der Waals surface area (Å²) in [5.41, 5.74) is 11.5. The molecule has 3 aromatic rings. The fourth-order valence-electron chi connectivity index (χ4n) is 2.58. The molecule has 1 aromatic heterocycles. The summed E-state index contributed by atoms with van der Waals surface area (Å²) >= 11 is 1.67. The van der Waals surface area contributed by atoms with Gasteiger partial charge in [0.2, 0.25) is 0 Å². The van der Waals surface area contributed by atoms with Crippen molar-refractivity contribution in [3.63, 3.8) is 0 Å². The Balaban J connectivity index is 1.89. The van der Waals surface area contributed by atoms with E-state index in [9.17, 15) is 0 Å². The number of hydrogen-bond acceptors (Lipinski definition) is 4. The zero-order chi connectivity index (χ0) is 17.1. The second kappa shape index (κ2) is 6.97. The van der Waals surface area contributed by atoms with Crippen molar-refractivity contribution < 1.29 is 0 Å². The summed E-state index contributed by atoms with van der Waals surface area (Å²) in [4.78, 5) is 7.67. The zero-order valence-electron chi connectivity index (χ0n) is 14.2. The van der Waals surface area contributed by atoms with Gasteiger partial charge in [0, 0.05) is 30.2 Å². The number of pyridine rings is 1. The summed E-state index contributed by atoms with van der Waals surface area (Å²) in [5.74, 6) is 0.556. The second-order valence-electron chi connectivity index (χ2n) is 5.84. The van der Waals surface area contributed by atoms with Gasteiger partial charge in [-0.25, -0.2) is 4.98 Å². The Morgan fingerprint density at radius 1 is 0.833 bits per heavy atom. The summed E-state index contributed by atoms with van der Waals surface area (Å²) in [7, 11) is 4.09. The molecule has 0 aliphatic rings. The Morgan fingerprint density at radius 2 is 1.38 bits per heavy atom. The van der Waals surface area contributed by atoms with Crippen LogP contribution in [0.2, 0.25) is 0 Å². The number of nitrogens with zero attached hydrogens (tertiary/aromatic N) is 2. The molecule has 24 heavy (non-hydrogen) atoms. The van der Waals surface area contributed by atoms with E-state index in [0.717, 1.165) is 16.2 Å². The molecule has 0 amide bonds. The van der Waals surface area contributed by atoms with Crippen LogP contribution >= 0.6 is 11.8 Å². The largest absolute Gasteiger partial charge is 0.384 e. The van der Waals surface area contributed by atoms with E-state index < -0.39 is 0 Å². The fraction of sp³-hybridized carbons (Fsp3) is 0.150. The van der Waals surface area contributed by atoms with E-state index in [2.05, 4.69) is 64.5 Å². The average Bonchev–Trinajstić information content (AvgIpc) is 2.61. The molecule has 3 nitrogen and oxygen atoms in total. The van der Waals surface area contributed by atoms with Crippen molar-refractivity contribution in [2.24, 2.45) is 0 Å². The molecule has 0 spiro atoms. The number of nitrogen functional groups attached to an aromatic ring is 1. The van der Waals surface area contributed by atoms with Gasteiger partial charge in [0.25, 0.3) is 0 Å². The van der Waals surface area contributed by atoms with Crippen LogP contribution in [0, 0.1) is 0 Å². The molecule has 0 atom stereocenters. The van der Waals surface area contributed by atoms with Crippen molar-refractivity contribution in [3.05, 3.63) is 60.7 Å². The Hall–Kier alpha value is -2.46. The number of hydrogen-bond donors (Lipinski definition) is 1. The van der Waals surface area contributed by atoms with Crippen LogP contribution in [0.4, 0.5) is 11.5 Å². The molecule has 2 N–H and O–H groups in total. The summed E-state index contributed by atoms with van der Waals surface area (Å²) in [6.45, 7) is 0. The van der Waals surface area contributed by atoms with E-state index in [0.29, 0.717) is 5.82 Å². The quantitative estimate of drug-likeness (QED) is 0.696. The van der Waals surface area contributed by atoms with Gasteiger partial charge >= 0.3 is 0 Å². The summed E-state index contributed by atoms with van der Waals surface area (Å²) in [6, 6.07) is 21.0. The van der Waals surface area contributed by atoms with Crippen LogP contribution in [0.1, 0.15) is 0 Å². The molecule has 0 saturated heterocycles. The molecule has 0 fully saturated rings. The Labute approximate surface area is 147 Å². The third kappa shape index (κ3) is 3.54. The molecule has 0 bridgehead atoms. The van der Waals surface area contributed by atoms with Crippen molar-refractivity contribution in [1.82, 2.24) is 4.98 Å². The van der Waals surface area contributed by atoms with Gasteiger partial charge in [-0.1, -0.05) is 36.4 Å². The maximum absolute atomic E-state index is 5.90. The van der Waals surface area contributed by atoms with Gasteiger partial charge in [-0.3, -0.25) is 0 Å². The monoisotopic (exact) mass is 335 g/mol. The Kier molecular flexibility index (Phi) is 4.76. The normalized spacial score (nSPS) is 10.6. The molecule has 3 rings (SSSR count). The fourth-order valence-corrected chi connectivity index (χ4v) is 3.05. The van der Waals surface area contributed by atoms with Crippen LogP contribution in [0.25, 0.3) is 22.4 Å². The highest BCUT2D eigenvalue weighted by Gasteiger charge is 2.05. The SMILES string of the molecule is CSc1cc(N)nc(-c2ccc(-c3ccc(N(C)C)cc3)cc2)c1. The van der Waals surface area contributed by atoms with Gasteiger partial charge in [-0.2, -0.15) is 0 Å². The van der Waals surface area contributed by atoms with Crippen molar-refractivity contribution in [2.75, 3.05) is 31.0 Å². The lowest BCUT2D eigenvalue weighted by molar-refractivity contribution is 1.13. The maximum atomic E-state index is 5.90. The van der Waals surface area contributed by atoms with E-state index in [4.69, 9.17) is 5.73 Å². The highest BCUT2D eigenvalue weighted by Crippen LogP contribution is 2.28. The zero-order valence-corrected chi connectivity index (χ0v) is 15.0. The highest BCUT2D eigenvalue weighted by molar-refractivity contribution is 7.98. The van der Waals surface area contributed by atoms with Crippen LogP contribution in [-0.2, 0) is 0 Å². The lowest BCUT2D eigenvalue weighted by Gasteiger charge is -2.13. The number of rotatable bonds is 4. The molecule has 1 heterocycles. The van der Waals surface area contributed by atoms with Crippen molar-refractivity contribution in [1.29, 1.82) is 0 Å². The van der Waals surface area contributed by atoms with E-state index in [1.54, 1.807) is 11.8 Å². The van der Waals surface area contributed by atoms with Gasteiger partial charge < -0.3 is 10.6 Å². The smallest absolute Gasteiger partial charge is 0.125 e. The minimum atomic E-state index is 0.556. The topological polar surface area (TPSA) is 42.1 Å². The lowest BCUT2D eigenvalue weighted by atomic mass is 10.0. The van der Waals surface area contributed by atoms with Gasteiger partial charge in [-0.05, 0) is 41.6 Å². The molecular formula is C20H21N3S. The predicted molar refractivity (Wildman–Crippen MR) is 106 cm³/mol. The molecule has 0 radical (unpaired) electrons. The third-order valence-electron chi connectivity index (χ3n) is 3.95. The molecule has 122 valence electrons. The number of benzene rings is 2. The van der Waals surface area contributed by atoms with Crippen LogP contribution in [0.3, 0.4) is 0 Å². The van der Waals surface area contributed by atoms with E-state index in [1.807, 2.05) is 26.4 Å². The number of thioether (sulfide) groups is 1. The lowest BCUT2D eigenvalue weighted by Crippen LogP contribution is -2.07. The number of aromatic nitrogens is 1. The number of anilines is 2. The van der Waals surface area contributed by atoms with Gasteiger partial charge in [0.1, 0.15) is 5.82 Å². The highest BCUT2D eigenvalue weighted by atomic mass is 32.2. The van der Waals surface area contributed by atoms with Gasteiger partial charge in [-0.15, -0.1) is 11.8 Å². The number of nitrogens with two attached hydrogens (primary N) is 1. The third-order valence-corrected chi connectivity index (χ3v) is 4.66. The Morgan fingerprint density at radius 3 is 1.92 bits per heavy atom. The molecular weight excluding hydrogens is 314 g/mol. The van der Waals surface area contributed by atoms with Gasteiger partial charge in [0.15, 0.2) is 0 Å². The maximum Gasteiger partial charge on any atom is 0.125 e. The van der Waals surface area contributed by atoms with E-state index >= 15 is 0 Å². The minimum absolute atomic E-state index is 0.556. The standard InChI is InChI=1S/C20H21N3S/c1-23(2)17-10-8-15(9-11-17)14-4-6-16(7-5-14)19-12-18(24-3)13-20(21)22-19/h4-13H,1-3H3,(H2,21,22). The summed E-state index contributed by atoms with van der Waals surface area (Å²) in [6.07, 6.45) is 2.04. The van der Waals surface area contributed by atoms with Crippen molar-refractivity contribution in [3.8, 4) is 22.4 Å². The average molecular weight is 335 g/mol. The molecule has 0 unspecified atom stereocenters. The van der Waals surface area contributed by atoms with Crippen molar-refractivity contribution in [2.45, 2.75) is 4.90 Å². The first-order valence-electron chi connectivity index (χ1n) is 7.76. The van der Waals surface area contributed by atoms with Crippen molar-refractivity contribution >= 4 is 23.3 Å². The summed E-state index contributed by atoms with van der Waals surface area (Å²) in [5, 5.41) is 0. The summed E-state index contributed by atoms with van der Waals surface area (Å²) < 4.78 is 0. The van der Waals surface area contributed by atoms with Gasteiger partial charge in [0.05, 0.1) is 5.69 Å². The molecule has 2 aromatic carbocycles. The van der Waals surface area contributed by atoms with E-state index in [1.165, 1.54) is 16.8 Å². The molecule has 0 saturated carbocycles. The van der Waals surface area contributed by atoms with Crippen LogP contribution < -0.4 is 10.6 Å². The van der Waals surface area contributed by atoms with E-state index in [-0.39, 0.29) is 0 Å². The Bertz CT molecular complexity index is 825. The van der Waals surface area contributed by atoms with Crippen LogP contribution in [0.5, 0.6) is 0 Å². The second-order valence-corrected chi connectivity index (χ2v) is 6.72. The van der Waals surface area contributed by atoms with Crippen LogP contribution in [-0.4, -0.2) is 25.3 Å². The first kappa shape index (κ1) is 16.4. The minimum Gasteiger partial charge on any atom is -0.384 e. The molecule has 0 aliphatic carbocycles. The predicted octanol–water partition coefficient (Wildman–Crippen LogP) is 4.79. The first-order chi connectivity index (χ1) is 11.6.